The number of nitrogens with zero attached hydrogens (tertiary/aromatic N) is 4. The molecule has 2 amide bonds. The standard InChI is InChI=1S/C25H34FN5O/c1-19-4-3-5-23(16-19)29(2)25(32)28-18-20-10-11-27-24(17-20)31-14-12-30(13-15-31)22-8-6-21(26)7-9-22/h6-11,17,19,23H,3-5,12-16,18H2,1-2H3,(H,28,32). The van der Waals surface area contributed by atoms with E-state index in [2.05, 4.69) is 33.1 Å². The third kappa shape index (κ3) is 5.50. The molecule has 2 heterocycles. The Morgan fingerprint density at radius 1 is 1.12 bits per heavy atom. The van der Waals surface area contributed by atoms with Gasteiger partial charge in [0.25, 0.3) is 0 Å². The summed E-state index contributed by atoms with van der Waals surface area (Å²) in [7, 11) is 1.91. The highest BCUT2D eigenvalue weighted by Gasteiger charge is 2.25. The number of amides is 2. The van der Waals surface area contributed by atoms with Crippen molar-refractivity contribution in [3.8, 4) is 0 Å². The first-order valence-electron chi connectivity index (χ1n) is 11.7. The predicted octanol–water partition coefficient (Wildman–Crippen LogP) is 4.27. The summed E-state index contributed by atoms with van der Waals surface area (Å²) in [6, 6.07) is 11.0. The number of pyridine rings is 1. The highest BCUT2D eigenvalue weighted by molar-refractivity contribution is 5.74. The highest BCUT2D eigenvalue weighted by Crippen LogP contribution is 2.26. The summed E-state index contributed by atoms with van der Waals surface area (Å²) in [6.07, 6.45) is 6.47. The monoisotopic (exact) mass is 439 g/mol. The third-order valence-corrected chi connectivity index (χ3v) is 6.83. The second kappa shape index (κ2) is 10.2. The minimum absolute atomic E-state index is 0.00428. The van der Waals surface area contributed by atoms with Crippen molar-refractivity contribution in [1.82, 2.24) is 15.2 Å². The quantitative estimate of drug-likeness (QED) is 0.756. The van der Waals surface area contributed by atoms with Gasteiger partial charge in [-0.05, 0) is 60.7 Å². The molecule has 7 heteroatoms. The van der Waals surface area contributed by atoms with Gasteiger partial charge in [-0.15, -0.1) is 0 Å². The number of urea groups is 1. The average molecular weight is 440 g/mol. The minimum atomic E-state index is -0.208. The van der Waals surface area contributed by atoms with E-state index in [1.54, 1.807) is 0 Å². The molecule has 1 aliphatic carbocycles. The zero-order chi connectivity index (χ0) is 22.5. The van der Waals surface area contributed by atoms with Gasteiger partial charge >= 0.3 is 6.03 Å². The van der Waals surface area contributed by atoms with Gasteiger partial charge < -0.3 is 20.0 Å². The van der Waals surface area contributed by atoms with Crippen molar-refractivity contribution in [2.45, 2.75) is 45.2 Å². The van der Waals surface area contributed by atoms with Crippen LogP contribution in [0.15, 0.2) is 42.6 Å². The first kappa shape index (κ1) is 22.4. The lowest BCUT2D eigenvalue weighted by Crippen LogP contribution is -2.47. The van der Waals surface area contributed by atoms with E-state index >= 15 is 0 Å². The van der Waals surface area contributed by atoms with Gasteiger partial charge in [0.1, 0.15) is 11.6 Å². The van der Waals surface area contributed by atoms with Crippen LogP contribution in [-0.4, -0.2) is 55.2 Å². The van der Waals surface area contributed by atoms with Crippen LogP contribution in [-0.2, 0) is 6.54 Å². The molecule has 1 saturated carbocycles. The van der Waals surface area contributed by atoms with E-state index in [0.29, 0.717) is 18.5 Å². The number of benzene rings is 1. The Labute approximate surface area is 190 Å². The van der Waals surface area contributed by atoms with Gasteiger partial charge in [0.05, 0.1) is 0 Å². The first-order chi connectivity index (χ1) is 15.5. The van der Waals surface area contributed by atoms with Crippen molar-refractivity contribution in [3.05, 3.63) is 54.0 Å². The van der Waals surface area contributed by atoms with E-state index in [-0.39, 0.29) is 11.8 Å². The first-order valence-corrected chi connectivity index (χ1v) is 11.7. The van der Waals surface area contributed by atoms with Crippen molar-refractivity contribution in [3.63, 3.8) is 0 Å². The highest BCUT2D eigenvalue weighted by atomic mass is 19.1. The van der Waals surface area contributed by atoms with Gasteiger partial charge in [0, 0.05) is 57.7 Å². The zero-order valence-corrected chi connectivity index (χ0v) is 19.1. The van der Waals surface area contributed by atoms with E-state index < -0.39 is 0 Å². The summed E-state index contributed by atoms with van der Waals surface area (Å²) < 4.78 is 13.2. The molecule has 1 aromatic carbocycles. The molecular weight excluding hydrogens is 405 g/mol. The lowest BCUT2D eigenvalue weighted by molar-refractivity contribution is 0.160. The van der Waals surface area contributed by atoms with Crippen LogP contribution in [0.5, 0.6) is 0 Å². The number of hydrogen-bond acceptors (Lipinski definition) is 4. The lowest BCUT2D eigenvalue weighted by atomic mass is 9.86. The van der Waals surface area contributed by atoms with Gasteiger partial charge in [-0.2, -0.15) is 0 Å². The molecule has 2 aliphatic rings. The molecule has 0 spiro atoms. The molecule has 1 saturated heterocycles. The Balaban J connectivity index is 1.29. The fourth-order valence-electron chi connectivity index (χ4n) is 4.81. The molecule has 2 fully saturated rings. The summed E-state index contributed by atoms with van der Waals surface area (Å²) >= 11 is 0. The number of aromatic nitrogens is 1. The lowest BCUT2D eigenvalue weighted by Gasteiger charge is -2.37. The summed E-state index contributed by atoms with van der Waals surface area (Å²) in [5, 5.41) is 3.08. The molecular formula is C25H34FN5O. The van der Waals surface area contributed by atoms with Crippen LogP contribution >= 0.6 is 0 Å². The molecule has 4 rings (SSSR count). The summed E-state index contributed by atoms with van der Waals surface area (Å²) in [6.45, 7) is 6.19. The molecule has 6 nitrogen and oxygen atoms in total. The number of carbonyl (C=O) groups is 1. The van der Waals surface area contributed by atoms with Crippen molar-refractivity contribution in [2.24, 2.45) is 5.92 Å². The van der Waals surface area contributed by atoms with Crippen molar-refractivity contribution < 1.29 is 9.18 Å². The second-order valence-corrected chi connectivity index (χ2v) is 9.17. The van der Waals surface area contributed by atoms with Crippen LogP contribution in [0.2, 0.25) is 0 Å². The number of halogens is 1. The third-order valence-electron chi connectivity index (χ3n) is 6.83. The van der Waals surface area contributed by atoms with Crippen LogP contribution in [0, 0.1) is 11.7 Å². The van der Waals surface area contributed by atoms with Gasteiger partial charge in [0.15, 0.2) is 0 Å². The molecule has 172 valence electrons. The number of hydrogen-bond donors (Lipinski definition) is 1. The molecule has 2 unspecified atom stereocenters. The maximum absolute atomic E-state index is 13.2. The van der Waals surface area contributed by atoms with E-state index in [4.69, 9.17) is 0 Å². The Kier molecular flexibility index (Phi) is 7.12. The maximum atomic E-state index is 13.2. The molecule has 1 aromatic heterocycles. The van der Waals surface area contributed by atoms with E-state index in [1.165, 1.54) is 25.0 Å². The molecule has 1 N–H and O–H groups in total. The fourth-order valence-corrected chi connectivity index (χ4v) is 4.81. The Bertz CT molecular complexity index is 897. The van der Waals surface area contributed by atoms with Crippen LogP contribution in [0.3, 0.4) is 0 Å². The Morgan fingerprint density at radius 3 is 2.56 bits per heavy atom. The summed E-state index contributed by atoms with van der Waals surface area (Å²) in [5.41, 5.74) is 2.10. The number of anilines is 2. The smallest absolute Gasteiger partial charge is 0.317 e. The van der Waals surface area contributed by atoms with Gasteiger partial charge in [-0.1, -0.05) is 19.8 Å². The van der Waals surface area contributed by atoms with E-state index in [0.717, 1.165) is 56.1 Å². The second-order valence-electron chi connectivity index (χ2n) is 9.17. The maximum Gasteiger partial charge on any atom is 0.317 e. The molecule has 0 radical (unpaired) electrons. The van der Waals surface area contributed by atoms with Crippen LogP contribution in [0.4, 0.5) is 20.7 Å². The molecule has 32 heavy (non-hydrogen) atoms. The molecule has 2 atom stereocenters. The van der Waals surface area contributed by atoms with E-state index in [1.807, 2.05) is 36.3 Å². The number of nitrogens with one attached hydrogen (secondary N) is 1. The largest absolute Gasteiger partial charge is 0.368 e. The fraction of sp³-hybridized carbons (Fsp3) is 0.520. The van der Waals surface area contributed by atoms with Crippen molar-refractivity contribution >= 4 is 17.5 Å². The number of carbonyl (C=O) groups excluding carboxylic acids is 1. The van der Waals surface area contributed by atoms with Gasteiger partial charge in [-0.3, -0.25) is 0 Å². The summed E-state index contributed by atoms with van der Waals surface area (Å²) in [5.74, 6) is 1.42. The van der Waals surface area contributed by atoms with Crippen LogP contribution in [0.25, 0.3) is 0 Å². The molecule has 0 bridgehead atoms. The van der Waals surface area contributed by atoms with Crippen molar-refractivity contribution in [2.75, 3.05) is 43.0 Å². The Morgan fingerprint density at radius 2 is 1.84 bits per heavy atom. The van der Waals surface area contributed by atoms with Crippen LogP contribution < -0.4 is 15.1 Å². The SMILES string of the molecule is CC1CCCC(N(C)C(=O)NCc2ccnc(N3CCN(c4ccc(F)cc4)CC3)c2)C1. The predicted molar refractivity (Wildman–Crippen MR) is 126 cm³/mol. The molecule has 2 aromatic rings. The van der Waals surface area contributed by atoms with Gasteiger partial charge in [0.2, 0.25) is 0 Å². The molecule has 1 aliphatic heterocycles. The topological polar surface area (TPSA) is 51.7 Å². The normalized spacial score (nSPS) is 21.3. The Hall–Kier alpha value is -2.83. The minimum Gasteiger partial charge on any atom is -0.368 e. The average Bonchev–Trinajstić information content (AvgIpc) is 2.83. The van der Waals surface area contributed by atoms with Crippen LogP contribution in [0.1, 0.15) is 38.2 Å². The van der Waals surface area contributed by atoms with E-state index in [9.17, 15) is 9.18 Å². The van der Waals surface area contributed by atoms with Gasteiger partial charge in [-0.25, -0.2) is 14.2 Å². The zero-order valence-electron chi connectivity index (χ0n) is 19.1. The van der Waals surface area contributed by atoms with Crippen molar-refractivity contribution in [1.29, 1.82) is 0 Å². The number of piperazine rings is 1. The number of rotatable bonds is 5. The summed E-state index contributed by atoms with van der Waals surface area (Å²) in [4.78, 5) is 23.6.